The number of thioether (sulfide) groups is 2. The summed E-state index contributed by atoms with van der Waals surface area (Å²) in [5, 5.41) is 0. The van der Waals surface area contributed by atoms with E-state index in [0.29, 0.717) is 6.61 Å². The zero-order valence-corrected chi connectivity index (χ0v) is 13.1. The van der Waals surface area contributed by atoms with Gasteiger partial charge in [-0.25, -0.2) is 4.79 Å². The second kappa shape index (κ2) is 8.60. The first-order chi connectivity index (χ1) is 10.3. The summed E-state index contributed by atoms with van der Waals surface area (Å²) in [5.41, 5.74) is 0. The molecule has 4 heteroatoms. The maximum atomic E-state index is 11.3. The minimum absolute atomic E-state index is 0.0960. The van der Waals surface area contributed by atoms with Crippen molar-refractivity contribution in [2.24, 2.45) is 0 Å². The smallest absolute Gasteiger partial charge is 0.330 e. The van der Waals surface area contributed by atoms with E-state index in [1.807, 2.05) is 36.4 Å². The lowest BCUT2D eigenvalue weighted by Crippen LogP contribution is -2.11. The number of hydrogen-bond acceptors (Lipinski definition) is 4. The Labute approximate surface area is 133 Å². The molecule has 21 heavy (non-hydrogen) atoms. The van der Waals surface area contributed by atoms with Crippen LogP contribution in [-0.4, -0.2) is 17.2 Å². The summed E-state index contributed by atoms with van der Waals surface area (Å²) in [7, 11) is 0. The molecular weight excluding hydrogens is 300 g/mol. The lowest BCUT2D eigenvalue weighted by Gasteiger charge is -2.16. The summed E-state index contributed by atoms with van der Waals surface area (Å²) in [6.45, 7) is 3.76. The van der Waals surface area contributed by atoms with Gasteiger partial charge >= 0.3 is 5.97 Å². The molecule has 0 unspecified atom stereocenters. The molecule has 0 aliphatic carbocycles. The van der Waals surface area contributed by atoms with Gasteiger partial charge in [-0.2, -0.15) is 0 Å². The van der Waals surface area contributed by atoms with Crippen molar-refractivity contribution in [2.45, 2.75) is 14.4 Å². The molecule has 2 aromatic carbocycles. The quantitative estimate of drug-likeness (QED) is 0.322. The van der Waals surface area contributed by atoms with E-state index in [4.69, 9.17) is 4.74 Å². The van der Waals surface area contributed by atoms with Crippen molar-refractivity contribution in [3.05, 3.63) is 73.3 Å². The molecule has 2 aromatic rings. The molecule has 0 amide bonds. The summed E-state index contributed by atoms with van der Waals surface area (Å²) < 4.78 is 5.30. The van der Waals surface area contributed by atoms with E-state index in [1.165, 1.54) is 6.08 Å². The Hall–Kier alpha value is -1.65. The van der Waals surface area contributed by atoms with Crippen LogP contribution in [-0.2, 0) is 9.53 Å². The summed E-state index contributed by atoms with van der Waals surface area (Å²) >= 11 is 3.37. The Balaban J connectivity index is 2.02. The number of ether oxygens (including phenoxy) is 1. The number of rotatable bonds is 7. The van der Waals surface area contributed by atoms with Gasteiger partial charge in [-0.3, -0.25) is 0 Å². The van der Waals surface area contributed by atoms with Crippen LogP contribution in [0.4, 0.5) is 0 Å². The molecule has 0 fully saturated rings. The van der Waals surface area contributed by atoms with Crippen molar-refractivity contribution >= 4 is 29.5 Å². The van der Waals surface area contributed by atoms with Gasteiger partial charge in [0.2, 0.25) is 0 Å². The molecule has 0 N–H and O–H groups in total. The summed E-state index contributed by atoms with van der Waals surface area (Å²) in [4.78, 5) is 13.6. The van der Waals surface area contributed by atoms with Crippen LogP contribution >= 0.6 is 23.5 Å². The van der Waals surface area contributed by atoms with E-state index in [0.717, 1.165) is 9.79 Å². The molecule has 0 aliphatic heterocycles. The van der Waals surface area contributed by atoms with Gasteiger partial charge in [-0.15, -0.1) is 23.5 Å². The fraction of sp³-hybridized carbons (Fsp3) is 0.118. The second-order valence-corrected chi connectivity index (χ2v) is 6.98. The van der Waals surface area contributed by atoms with Gasteiger partial charge in [0.25, 0.3) is 0 Å². The molecule has 0 saturated carbocycles. The first-order valence-electron chi connectivity index (χ1n) is 6.50. The highest BCUT2D eigenvalue weighted by Crippen LogP contribution is 2.35. The maximum Gasteiger partial charge on any atom is 0.330 e. The second-order valence-electron chi connectivity index (χ2n) is 4.13. The van der Waals surface area contributed by atoms with Crippen LogP contribution in [0.3, 0.4) is 0 Å². The lowest BCUT2D eigenvalue weighted by molar-refractivity contribution is -0.137. The first-order valence-corrected chi connectivity index (χ1v) is 8.26. The SMILES string of the molecule is C=CC(=O)OCC(Sc1ccccc1)Sc1ccccc1. The Bertz CT molecular complexity index is 528. The normalized spacial score (nSPS) is 10.3. The third kappa shape index (κ3) is 5.69. The van der Waals surface area contributed by atoms with E-state index in [2.05, 4.69) is 30.8 Å². The Morgan fingerprint density at radius 2 is 1.48 bits per heavy atom. The summed E-state index contributed by atoms with van der Waals surface area (Å²) in [6, 6.07) is 20.2. The van der Waals surface area contributed by atoms with Gasteiger partial charge < -0.3 is 4.74 Å². The molecule has 0 aliphatic rings. The van der Waals surface area contributed by atoms with Gasteiger partial charge in [0, 0.05) is 15.9 Å². The van der Waals surface area contributed by atoms with E-state index in [-0.39, 0.29) is 10.6 Å². The standard InChI is InChI=1S/C17H16O2S2/c1-2-16(18)19-13-17(20-14-9-5-3-6-10-14)21-15-11-7-4-8-12-15/h2-12,17H,1,13H2. The molecule has 2 rings (SSSR count). The number of carbonyl (C=O) groups is 1. The number of esters is 1. The molecule has 0 saturated heterocycles. The predicted molar refractivity (Wildman–Crippen MR) is 89.5 cm³/mol. The zero-order chi connectivity index (χ0) is 14.9. The van der Waals surface area contributed by atoms with Crippen molar-refractivity contribution in [1.82, 2.24) is 0 Å². The highest BCUT2D eigenvalue weighted by molar-refractivity contribution is 8.17. The molecule has 108 valence electrons. The monoisotopic (exact) mass is 316 g/mol. The summed E-state index contributed by atoms with van der Waals surface area (Å²) in [6.07, 6.45) is 1.19. The molecular formula is C17H16O2S2. The maximum absolute atomic E-state index is 11.3. The number of benzene rings is 2. The molecule has 0 spiro atoms. The fourth-order valence-corrected chi connectivity index (χ4v) is 3.97. The largest absolute Gasteiger partial charge is 0.460 e. The Morgan fingerprint density at radius 3 is 1.90 bits per heavy atom. The topological polar surface area (TPSA) is 26.3 Å². The van der Waals surface area contributed by atoms with Crippen LogP contribution in [0.2, 0.25) is 0 Å². The minimum Gasteiger partial charge on any atom is -0.460 e. The van der Waals surface area contributed by atoms with E-state index >= 15 is 0 Å². The van der Waals surface area contributed by atoms with Crippen LogP contribution in [0.1, 0.15) is 0 Å². The molecule has 2 nitrogen and oxygen atoms in total. The third-order valence-electron chi connectivity index (χ3n) is 2.55. The number of hydrogen-bond donors (Lipinski definition) is 0. The van der Waals surface area contributed by atoms with Gasteiger partial charge in [0.15, 0.2) is 0 Å². The van der Waals surface area contributed by atoms with Crippen molar-refractivity contribution in [3.8, 4) is 0 Å². The predicted octanol–water partition coefficient (Wildman–Crippen LogP) is 4.63. The van der Waals surface area contributed by atoms with Crippen LogP contribution < -0.4 is 0 Å². The van der Waals surface area contributed by atoms with Crippen molar-refractivity contribution in [3.63, 3.8) is 0 Å². The van der Waals surface area contributed by atoms with Crippen molar-refractivity contribution in [1.29, 1.82) is 0 Å². The van der Waals surface area contributed by atoms with Crippen LogP contribution in [0.25, 0.3) is 0 Å². The average molecular weight is 316 g/mol. The Morgan fingerprint density at radius 1 is 1.00 bits per heavy atom. The molecule has 0 heterocycles. The summed E-state index contributed by atoms with van der Waals surface area (Å²) in [5.74, 6) is -0.387. The molecule has 0 aromatic heterocycles. The molecule has 0 radical (unpaired) electrons. The third-order valence-corrected chi connectivity index (χ3v) is 5.01. The van der Waals surface area contributed by atoms with Crippen molar-refractivity contribution in [2.75, 3.05) is 6.61 Å². The molecule has 0 bridgehead atoms. The van der Waals surface area contributed by atoms with Gasteiger partial charge in [0.1, 0.15) is 6.61 Å². The fourth-order valence-electron chi connectivity index (χ4n) is 1.60. The van der Waals surface area contributed by atoms with Crippen LogP contribution in [0, 0.1) is 0 Å². The van der Waals surface area contributed by atoms with Crippen LogP contribution in [0.15, 0.2) is 83.1 Å². The highest BCUT2D eigenvalue weighted by atomic mass is 32.2. The van der Waals surface area contributed by atoms with Gasteiger partial charge in [-0.1, -0.05) is 43.0 Å². The highest BCUT2D eigenvalue weighted by Gasteiger charge is 2.14. The van der Waals surface area contributed by atoms with Crippen LogP contribution in [0.5, 0.6) is 0 Å². The molecule has 0 atom stereocenters. The van der Waals surface area contributed by atoms with Gasteiger partial charge in [0.05, 0.1) is 4.58 Å². The average Bonchev–Trinajstić information content (AvgIpc) is 2.54. The van der Waals surface area contributed by atoms with Crippen molar-refractivity contribution < 1.29 is 9.53 Å². The van der Waals surface area contributed by atoms with Gasteiger partial charge in [-0.05, 0) is 24.3 Å². The van der Waals surface area contributed by atoms with E-state index in [1.54, 1.807) is 23.5 Å². The Kier molecular flexibility index (Phi) is 6.44. The lowest BCUT2D eigenvalue weighted by atomic mass is 10.4. The first kappa shape index (κ1) is 15.7. The number of carbonyl (C=O) groups excluding carboxylic acids is 1. The zero-order valence-electron chi connectivity index (χ0n) is 11.5. The minimum atomic E-state index is -0.387. The van der Waals surface area contributed by atoms with E-state index < -0.39 is 0 Å². The van der Waals surface area contributed by atoms with E-state index in [9.17, 15) is 4.79 Å².